The zero-order valence-electron chi connectivity index (χ0n) is 15.1. The standard InChI is InChI=1S/C19H15FN2O6S/c1-2-28-15-9-14(22(26)27)7-12(17(15)23)8-16-18(24)21(19(25)29-16)10-11-3-5-13(20)6-4-11/h3-9,23H,2,10H2,1H3/b16-8-. The van der Waals surface area contributed by atoms with E-state index in [1.54, 1.807) is 6.92 Å². The Kier molecular flexibility index (Phi) is 5.83. The maximum atomic E-state index is 13.0. The molecule has 2 amide bonds. The molecule has 0 aromatic heterocycles. The molecule has 0 unspecified atom stereocenters. The van der Waals surface area contributed by atoms with Crippen LogP contribution in [0.25, 0.3) is 6.08 Å². The van der Waals surface area contributed by atoms with Crippen molar-refractivity contribution in [3.05, 3.63) is 68.4 Å². The van der Waals surface area contributed by atoms with Gasteiger partial charge in [0.25, 0.3) is 16.8 Å². The Labute approximate surface area is 168 Å². The van der Waals surface area contributed by atoms with Crippen molar-refractivity contribution in [2.75, 3.05) is 6.61 Å². The molecular formula is C19H15FN2O6S. The van der Waals surface area contributed by atoms with Crippen LogP contribution < -0.4 is 4.74 Å². The average molecular weight is 418 g/mol. The van der Waals surface area contributed by atoms with Gasteiger partial charge < -0.3 is 9.84 Å². The third kappa shape index (κ3) is 4.37. The van der Waals surface area contributed by atoms with Crippen LogP contribution in [0.1, 0.15) is 18.1 Å². The lowest BCUT2D eigenvalue weighted by Crippen LogP contribution is -2.27. The highest BCUT2D eigenvalue weighted by molar-refractivity contribution is 8.18. The lowest BCUT2D eigenvalue weighted by Gasteiger charge is -2.12. The predicted octanol–water partition coefficient (Wildman–Crippen LogP) is 4.07. The number of non-ortho nitro benzene ring substituents is 1. The number of nitro groups is 1. The molecule has 2 aromatic rings. The van der Waals surface area contributed by atoms with E-state index in [0.717, 1.165) is 17.0 Å². The van der Waals surface area contributed by atoms with E-state index < -0.39 is 21.9 Å². The van der Waals surface area contributed by atoms with Gasteiger partial charge in [-0.05, 0) is 42.5 Å². The number of aromatic hydroxyl groups is 1. The second-order valence-electron chi connectivity index (χ2n) is 5.97. The molecule has 0 spiro atoms. The minimum Gasteiger partial charge on any atom is -0.504 e. The third-order valence-corrected chi connectivity index (χ3v) is 4.92. The summed E-state index contributed by atoms with van der Waals surface area (Å²) in [5.74, 6) is -1.52. The molecule has 1 aliphatic heterocycles. The van der Waals surface area contributed by atoms with Gasteiger partial charge in [0, 0.05) is 11.6 Å². The van der Waals surface area contributed by atoms with E-state index in [1.807, 2.05) is 0 Å². The molecule has 8 nitrogen and oxygen atoms in total. The summed E-state index contributed by atoms with van der Waals surface area (Å²) < 4.78 is 18.2. The fraction of sp³-hybridized carbons (Fsp3) is 0.158. The van der Waals surface area contributed by atoms with Crippen molar-refractivity contribution < 1.29 is 28.7 Å². The van der Waals surface area contributed by atoms with E-state index in [1.165, 1.54) is 30.3 Å². The van der Waals surface area contributed by atoms with Crippen LogP contribution in [0.5, 0.6) is 11.5 Å². The number of nitro benzene ring substituents is 1. The zero-order chi connectivity index (χ0) is 21.1. The number of ether oxygens (including phenoxy) is 1. The molecule has 150 valence electrons. The number of phenols is 1. The Morgan fingerprint density at radius 2 is 1.97 bits per heavy atom. The molecule has 2 aromatic carbocycles. The molecule has 0 aliphatic carbocycles. The van der Waals surface area contributed by atoms with E-state index >= 15 is 0 Å². The van der Waals surface area contributed by atoms with E-state index in [4.69, 9.17) is 4.74 Å². The Bertz CT molecular complexity index is 1020. The minimum absolute atomic E-state index is 0.00430. The van der Waals surface area contributed by atoms with Crippen molar-refractivity contribution in [2.45, 2.75) is 13.5 Å². The SMILES string of the molecule is CCOc1cc([N+](=O)[O-])cc(/C=C2\SC(=O)N(Cc3ccc(F)cc3)C2=O)c1O. The normalized spacial score (nSPS) is 15.2. The van der Waals surface area contributed by atoms with Gasteiger partial charge in [0.15, 0.2) is 11.5 Å². The predicted molar refractivity (Wildman–Crippen MR) is 104 cm³/mol. The number of carbonyl (C=O) groups excluding carboxylic acids is 2. The lowest BCUT2D eigenvalue weighted by molar-refractivity contribution is -0.385. The Morgan fingerprint density at radius 1 is 1.28 bits per heavy atom. The van der Waals surface area contributed by atoms with Gasteiger partial charge >= 0.3 is 0 Å². The Balaban J connectivity index is 1.92. The number of rotatable bonds is 6. The Hall–Kier alpha value is -3.40. The van der Waals surface area contributed by atoms with E-state index in [0.29, 0.717) is 17.3 Å². The molecule has 0 bridgehead atoms. The highest BCUT2D eigenvalue weighted by Crippen LogP contribution is 2.39. The molecule has 0 atom stereocenters. The molecular weight excluding hydrogens is 403 g/mol. The number of halogens is 1. The monoisotopic (exact) mass is 418 g/mol. The maximum Gasteiger partial charge on any atom is 0.293 e. The number of thioether (sulfide) groups is 1. The van der Waals surface area contributed by atoms with E-state index in [9.17, 15) is 29.2 Å². The second kappa shape index (κ2) is 8.31. The van der Waals surface area contributed by atoms with Crippen LogP contribution >= 0.6 is 11.8 Å². The van der Waals surface area contributed by atoms with Gasteiger partial charge in [0.2, 0.25) is 0 Å². The van der Waals surface area contributed by atoms with Crippen LogP contribution in [0, 0.1) is 15.9 Å². The largest absolute Gasteiger partial charge is 0.504 e. The summed E-state index contributed by atoms with van der Waals surface area (Å²) >= 11 is 0.644. The smallest absolute Gasteiger partial charge is 0.293 e. The van der Waals surface area contributed by atoms with Crippen molar-refractivity contribution in [3.8, 4) is 11.5 Å². The fourth-order valence-electron chi connectivity index (χ4n) is 2.65. The molecule has 10 heteroatoms. The summed E-state index contributed by atoms with van der Waals surface area (Å²) in [6, 6.07) is 7.54. The number of hydrogen-bond acceptors (Lipinski definition) is 7. The topological polar surface area (TPSA) is 110 Å². The van der Waals surface area contributed by atoms with Gasteiger partial charge in [-0.15, -0.1) is 0 Å². The first kappa shape index (κ1) is 20.3. The number of hydrogen-bond donors (Lipinski definition) is 1. The molecule has 1 aliphatic rings. The molecule has 0 radical (unpaired) electrons. The van der Waals surface area contributed by atoms with Gasteiger partial charge in [-0.2, -0.15) is 0 Å². The van der Waals surface area contributed by atoms with Crippen LogP contribution in [0.15, 0.2) is 41.3 Å². The van der Waals surface area contributed by atoms with Gasteiger partial charge in [0.1, 0.15) is 5.82 Å². The van der Waals surface area contributed by atoms with E-state index in [-0.39, 0.29) is 40.8 Å². The molecule has 1 N–H and O–H groups in total. The van der Waals surface area contributed by atoms with Crippen molar-refractivity contribution in [3.63, 3.8) is 0 Å². The van der Waals surface area contributed by atoms with Crippen LogP contribution in [0.3, 0.4) is 0 Å². The summed E-state index contributed by atoms with van der Waals surface area (Å²) in [6.07, 6.45) is 1.21. The number of imide groups is 1. The van der Waals surface area contributed by atoms with Gasteiger partial charge in [-0.3, -0.25) is 24.6 Å². The molecule has 1 fully saturated rings. The first-order chi connectivity index (χ1) is 13.8. The molecule has 3 rings (SSSR count). The highest BCUT2D eigenvalue weighted by Gasteiger charge is 2.35. The van der Waals surface area contributed by atoms with Gasteiger partial charge in [-0.1, -0.05) is 12.1 Å². The minimum atomic E-state index is -0.653. The third-order valence-electron chi connectivity index (χ3n) is 4.01. The summed E-state index contributed by atoms with van der Waals surface area (Å²) in [5, 5.41) is 20.9. The van der Waals surface area contributed by atoms with Crippen molar-refractivity contribution in [1.82, 2.24) is 4.90 Å². The number of amides is 2. The first-order valence-corrected chi connectivity index (χ1v) is 9.25. The maximum absolute atomic E-state index is 13.0. The van der Waals surface area contributed by atoms with Crippen molar-refractivity contribution >= 4 is 34.7 Å². The quantitative estimate of drug-likeness (QED) is 0.428. The van der Waals surface area contributed by atoms with Crippen LogP contribution in [-0.2, 0) is 11.3 Å². The Morgan fingerprint density at radius 3 is 2.59 bits per heavy atom. The summed E-state index contributed by atoms with van der Waals surface area (Å²) in [7, 11) is 0. The van der Waals surface area contributed by atoms with Crippen LogP contribution in [0.4, 0.5) is 14.9 Å². The molecule has 1 heterocycles. The summed E-state index contributed by atoms with van der Waals surface area (Å²) in [5.41, 5.74) is 0.213. The van der Waals surface area contributed by atoms with Crippen LogP contribution in [0.2, 0.25) is 0 Å². The van der Waals surface area contributed by atoms with Gasteiger partial charge in [0.05, 0.1) is 29.0 Å². The summed E-state index contributed by atoms with van der Waals surface area (Å²) in [6.45, 7) is 1.77. The molecule has 0 saturated carbocycles. The molecule has 29 heavy (non-hydrogen) atoms. The fourth-order valence-corrected chi connectivity index (χ4v) is 3.47. The summed E-state index contributed by atoms with van der Waals surface area (Å²) in [4.78, 5) is 36.3. The van der Waals surface area contributed by atoms with Gasteiger partial charge in [-0.25, -0.2) is 4.39 Å². The lowest BCUT2D eigenvalue weighted by atomic mass is 10.1. The average Bonchev–Trinajstić information content (AvgIpc) is 2.94. The number of phenolic OH excluding ortho intramolecular Hbond substituents is 1. The number of nitrogens with zero attached hydrogens (tertiary/aromatic N) is 2. The van der Waals surface area contributed by atoms with Crippen molar-refractivity contribution in [1.29, 1.82) is 0 Å². The van der Waals surface area contributed by atoms with E-state index in [2.05, 4.69) is 0 Å². The van der Waals surface area contributed by atoms with Crippen LogP contribution in [-0.4, -0.2) is 32.7 Å². The first-order valence-electron chi connectivity index (χ1n) is 8.44. The number of carbonyl (C=O) groups is 2. The van der Waals surface area contributed by atoms with Crippen molar-refractivity contribution in [2.24, 2.45) is 0 Å². The second-order valence-corrected chi connectivity index (χ2v) is 6.96. The number of benzene rings is 2. The zero-order valence-corrected chi connectivity index (χ0v) is 15.9. The highest BCUT2D eigenvalue weighted by atomic mass is 32.2. The molecule has 1 saturated heterocycles.